The smallest absolute Gasteiger partial charge is 0.386 e. The number of aromatic nitrogens is 7. The van der Waals surface area contributed by atoms with Crippen LogP contribution >= 0.6 is 49.4 Å². The van der Waals surface area contributed by atoms with Crippen molar-refractivity contribution in [3.63, 3.8) is 0 Å². The van der Waals surface area contributed by atoms with Gasteiger partial charge in [-0.2, -0.15) is 4.98 Å². The Morgan fingerprint density at radius 2 is 1.81 bits per heavy atom. The van der Waals surface area contributed by atoms with E-state index in [9.17, 15) is 28.7 Å². The van der Waals surface area contributed by atoms with Gasteiger partial charge in [-0.3, -0.25) is 32.8 Å². The first kappa shape index (κ1) is 34.5. The van der Waals surface area contributed by atoms with Crippen LogP contribution in [-0.2, 0) is 32.2 Å². The summed E-state index contributed by atoms with van der Waals surface area (Å²) in [7, 11) is 0. The van der Waals surface area contributed by atoms with E-state index in [4.69, 9.17) is 34.5 Å². The van der Waals surface area contributed by atoms with Gasteiger partial charge in [0.25, 0.3) is 5.56 Å². The number of nitrogen functional groups attached to an aromatic ring is 2. The van der Waals surface area contributed by atoms with Crippen LogP contribution in [0, 0.1) is 11.8 Å². The average molecular weight is 754 g/mol. The average Bonchev–Trinajstić information content (AvgIpc) is 3.73. The fraction of sp³-hybridized carbons (Fsp3) is 0.545. The summed E-state index contributed by atoms with van der Waals surface area (Å²) >= 11 is 8.32. The van der Waals surface area contributed by atoms with Gasteiger partial charge in [-0.25, -0.2) is 24.1 Å². The number of thiazole rings is 1. The Kier molecular flexibility index (Phi) is 9.63. The second-order valence-electron chi connectivity index (χ2n) is 10.8. The maximum atomic E-state index is 13.3. The molecule has 20 nitrogen and oxygen atoms in total. The van der Waals surface area contributed by atoms with Gasteiger partial charge < -0.3 is 35.5 Å². The molecule has 0 saturated carbocycles. The van der Waals surface area contributed by atoms with Crippen molar-refractivity contribution in [3.8, 4) is 0 Å². The van der Waals surface area contributed by atoms with Crippen LogP contribution in [0.5, 0.6) is 0 Å². The number of H-pyrrole nitrogens is 1. The molecule has 2 aliphatic heterocycles. The highest BCUT2D eigenvalue weighted by Gasteiger charge is 2.47. The molecular formula is C22H29N9O11P2S3. The second-order valence-corrected chi connectivity index (χ2v) is 17.5. The molecule has 2 fully saturated rings. The highest BCUT2D eigenvalue weighted by Crippen LogP contribution is 2.55. The number of imidazole rings is 1. The van der Waals surface area contributed by atoms with Gasteiger partial charge in [-0.15, -0.1) is 0 Å². The van der Waals surface area contributed by atoms with Crippen LogP contribution < -0.4 is 21.9 Å². The Bertz CT molecular complexity index is 2020. The monoisotopic (exact) mass is 753 g/mol. The van der Waals surface area contributed by atoms with Gasteiger partial charge in [-0.1, -0.05) is 42.8 Å². The van der Waals surface area contributed by atoms with Crippen LogP contribution in [0.2, 0.25) is 0 Å². The molecular weight excluding hydrogens is 724 g/mol. The van der Waals surface area contributed by atoms with E-state index in [0.29, 0.717) is 6.42 Å². The van der Waals surface area contributed by atoms with Gasteiger partial charge in [-0.05, 0) is 12.3 Å². The third-order valence-corrected chi connectivity index (χ3v) is 11.2. The van der Waals surface area contributed by atoms with Crippen molar-refractivity contribution in [3.05, 3.63) is 32.7 Å². The lowest BCUT2D eigenvalue weighted by Gasteiger charge is -2.23. The van der Waals surface area contributed by atoms with Gasteiger partial charge in [0.15, 0.2) is 23.0 Å². The molecule has 0 aliphatic carbocycles. The highest BCUT2D eigenvalue weighted by atomic mass is 32.7. The van der Waals surface area contributed by atoms with Crippen LogP contribution in [-0.4, -0.2) is 82.2 Å². The lowest BCUT2D eigenvalue weighted by Crippen LogP contribution is -2.33. The molecule has 7 N–H and O–H groups in total. The number of nitrogens with one attached hydrogen (secondary N) is 1. The number of aliphatic hydroxyl groups is 1. The summed E-state index contributed by atoms with van der Waals surface area (Å²) in [6, 6.07) is 0. The Morgan fingerprint density at radius 3 is 2.55 bits per heavy atom. The predicted octanol–water partition coefficient (Wildman–Crippen LogP) is 1.07. The van der Waals surface area contributed by atoms with E-state index in [2.05, 4.69) is 49.4 Å². The van der Waals surface area contributed by atoms with E-state index in [-0.39, 0.29) is 45.8 Å². The lowest BCUT2D eigenvalue weighted by molar-refractivity contribution is -0.0476. The standard InChI is InChI=1S/C22H29N9O11P2S3/c1-8-2-12(30-7-27-13-17(30)28-21(24)29-19(13)33)41-10(8)4-40-44(37,46)39-3-9-11(5-38-43(35,36)45)42-20(14(9)32)31-18-15(47-22(31)34)16(23)25-6-26-18/h6-12,14,20,32H,2-5H2,1H3,(H,37,46)(H2,23,25,26)(H2,35,36,45)(H3,24,28,29,33)/t8-,9?,10-,11-,12-,14-,20-,44?/m1/s1. The van der Waals surface area contributed by atoms with Gasteiger partial charge in [0, 0.05) is 5.92 Å². The molecule has 9 atom stereocenters. The summed E-state index contributed by atoms with van der Waals surface area (Å²) in [4.78, 5) is 52.6. The van der Waals surface area contributed by atoms with E-state index in [1.165, 1.54) is 6.33 Å². The molecule has 2 unspecified atom stereocenters. The van der Waals surface area contributed by atoms with Crippen LogP contribution in [0.4, 0.5) is 11.8 Å². The zero-order chi connectivity index (χ0) is 33.8. The van der Waals surface area contributed by atoms with E-state index in [1.54, 1.807) is 4.57 Å². The topological polar surface area (TPSA) is 284 Å². The molecule has 6 rings (SSSR count). The molecule has 0 spiro atoms. The fourth-order valence-corrected chi connectivity index (χ4v) is 8.00. The Labute approximate surface area is 278 Å². The van der Waals surface area contributed by atoms with E-state index in [0.717, 1.165) is 22.2 Å². The summed E-state index contributed by atoms with van der Waals surface area (Å²) in [5.74, 6) is -1.20. The third kappa shape index (κ3) is 7.17. The highest BCUT2D eigenvalue weighted by molar-refractivity contribution is 8.44. The summed E-state index contributed by atoms with van der Waals surface area (Å²) in [5.41, 5.74) is 11.5. The number of ether oxygens (including phenoxy) is 2. The number of nitrogens with two attached hydrogens (primary N) is 2. The molecule has 2 aliphatic rings. The minimum absolute atomic E-state index is 0.0504. The third-order valence-electron chi connectivity index (χ3n) is 7.74. The van der Waals surface area contributed by atoms with Crippen LogP contribution in [0.3, 0.4) is 0 Å². The molecule has 47 heavy (non-hydrogen) atoms. The van der Waals surface area contributed by atoms with Crippen molar-refractivity contribution in [2.45, 2.75) is 44.1 Å². The maximum absolute atomic E-state index is 13.3. The number of anilines is 2. The molecule has 0 radical (unpaired) electrons. The predicted molar refractivity (Wildman–Crippen MR) is 173 cm³/mol. The first-order chi connectivity index (χ1) is 22.1. The number of aliphatic hydroxyl groups excluding tert-OH is 1. The molecule has 6 heterocycles. The largest absolute Gasteiger partial charge is 0.388 e. The molecule has 4 aromatic heterocycles. The number of nitrogens with zero attached hydrogens (tertiary/aromatic N) is 6. The first-order valence-corrected chi connectivity index (χ1v) is 20.0. The van der Waals surface area contributed by atoms with Gasteiger partial charge >= 0.3 is 18.5 Å². The van der Waals surface area contributed by atoms with Crippen LogP contribution in [0.15, 0.2) is 22.2 Å². The molecule has 25 heteroatoms. The lowest BCUT2D eigenvalue weighted by atomic mass is 9.99. The van der Waals surface area contributed by atoms with Crippen molar-refractivity contribution < 1.29 is 42.2 Å². The molecule has 0 bridgehead atoms. The van der Waals surface area contributed by atoms with Crippen LogP contribution in [0.25, 0.3) is 21.5 Å². The second kappa shape index (κ2) is 13.1. The zero-order valence-corrected chi connectivity index (χ0v) is 28.5. The first-order valence-electron chi connectivity index (χ1n) is 13.8. The number of hydrogen-bond acceptors (Lipinski definition) is 17. The summed E-state index contributed by atoms with van der Waals surface area (Å²) in [5, 5.41) is 11.3. The van der Waals surface area contributed by atoms with Crippen molar-refractivity contribution in [2.75, 3.05) is 31.3 Å². The minimum atomic E-state index is -4.27. The number of thiol groups is 2. The molecule has 256 valence electrons. The normalized spacial score (nSPS) is 29.0. The number of fused-ring (bicyclic) bond motifs is 2. The van der Waals surface area contributed by atoms with E-state index in [1.807, 2.05) is 6.92 Å². The summed E-state index contributed by atoms with van der Waals surface area (Å²) in [6.07, 6.45) is -2.09. The van der Waals surface area contributed by atoms with Gasteiger partial charge in [0.1, 0.15) is 29.2 Å². The molecule has 4 aromatic rings. The number of hydrogen-bond donors (Lipinski definition) is 7. The van der Waals surface area contributed by atoms with Crippen molar-refractivity contribution in [2.24, 2.45) is 11.8 Å². The Hall–Kier alpha value is -2.40. The Morgan fingerprint density at radius 1 is 1.09 bits per heavy atom. The Balaban J connectivity index is 1.13. The molecule has 2 saturated heterocycles. The minimum Gasteiger partial charge on any atom is -0.388 e. The molecule has 0 aromatic carbocycles. The van der Waals surface area contributed by atoms with Gasteiger partial charge in [0.05, 0.1) is 38.4 Å². The van der Waals surface area contributed by atoms with Crippen molar-refractivity contribution in [1.29, 1.82) is 0 Å². The van der Waals surface area contributed by atoms with Crippen LogP contribution in [0.1, 0.15) is 25.8 Å². The molecule has 0 amide bonds. The zero-order valence-electron chi connectivity index (χ0n) is 24.1. The SMILES string of the molecule is C[C@@H]1C[C@H](n2cnc3c(=O)[nH]c(N)nc32)O[C@@H]1COP(=O)(S)OCC1[C@@H](O)[C@H](n2c(=O)sc3c(N)ncnc32)O[C@@H]1CO[P@](=O)(O)S. The quantitative estimate of drug-likeness (QED) is 0.0833. The maximum Gasteiger partial charge on any atom is 0.386 e. The summed E-state index contributed by atoms with van der Waals surface area (Å²) < 4.78 is 55.9. The van der Waals surface area contributed by atoms with Crippen molar-refractivity contribution >= 4 is 82.7 Å². The number of aromatic amines is 1. The number of rotatable bonds is 11. The fourth-order valence-electron chi connectivity index (χ4n) is 5.42. The van der Waals surface area contributed by atoms with E-state index < -0.39 is 73.9 Å². The van der Waals surface area contributed by atoms with Gasteiger partial charge in [0.2, 0.25) is 5.95 Å². The van der Waals surface area contributed by atoms with E-state index >= 15 is 0 Å². The summed E-state index contributed by atoms with van der Waals surface area (Å²) in [6.45, 7) is -7.73. The van der Waals surface area contributed by atoms with Crippen molar-refractivity contribution in [1.82, 2.24) is 34.1 Å².